The highest BCUT2D eigenvalue weighted by molar-refractivity contribution is 6.30. The first-order chi connectivity index (χ1) is 12.5. The summed E-state index contributed by atoms with van der Waals surface area (Å²) in [7, 11) is 0. The number of carbonyl (C=O) groups excluding carboxylic acids is 2. The van der Waals surface area contributed by atoms with Crippen LogP contribution in [0.4, 0.5) is 0 Å². The lowest BCUT2D eigenvalue weighted by Gasteiger charge is -2.10. The Kier molecular flexibility index (Phi) is 7.36. The van der Waals surface area contributed by atoms with Crippen molar-refractivity contribution < 1.29 is 9.59 Å². The van der Waals surface area contributed by atoms with Crippen LogP contribution in [0.3, 0.4) is 0 Å². The van der Waals surface area contributed by atoms with Gasteiger partial charge >= 0.3 is 0 Å². The molecule has 136 valence electrons. The largest absolute Gasteiger partial charge is 0.343 e. The summed E-state index contributed by atoms with van der Waals surface area (Å²) in [5.41, 5.74) is 4.72. The van der Waals surface area contributed by atoms with E-state index in [1.165, 1.54) is 0 Å². The molecule has 0 radical (unpaired) electrons. The second-order valence-electron chi connectivity index (χ2n) is 6.25. The third-order valence-electron chi connectivity index (χ3n) is 3.54. The molecule has 0 bridgehead atoms. The number of benzene rings is 2. The van der Waals surface area contributed by atoms with Crippen LogP contribution in [0, 0.1) is 5.92 Å². The predicted octanol–water partition coefficient (Wildman–Crippen LogP) is 3.64. The molecule has 0 aliphatic heterocycles. The van der Waals surface area contributed by atoms with Crippen LogP contribution >= 0.6 is 11.6 Å². The van der Waals surface area contributed by atoms with E-state index in [-0.39, 0.29) is 18.4 Å². The van der Waals surface area contributed by atoms with E-state index in [2.05, 4.69) is 29.7 Å². The first kappa shape index (κ1) is 19.7. The summed E-state index contributed by atoms with van der Waals surface area (Å²) in [5.74, 6) is -0.328. The van der Waals surface area contributed by atoms with Crippen molar-refractivity contribution >= 4 is 29.1 Å². The van der Waals surface area contributed by atoms with E-state index in [0.29, 0.717) is 16.5 Å². The molecule has 26 heavy (non-hydrogen) atoms. The Morgan fingerprint density at radius 2 is 1.65 bits per heavy atom. The van der Waals surface area contributed by atoms with E-state index in [9.17, 15) is 9.59 Å². The van der Waals surface area contributed by atoms with Gasteiger partial charge in [-0.3, -0.25) is 9.59 Å². The Morgan fingerprint density at radius 3 is 2.27 bits per heavy atom. The minimum absolute atomic E-state index is 0.158. The Labute approximate surface area is 158 Å². The highest BCUT2D eigenvalue weighted by Crippen LogP contribution is 2.10. The normalized spacial score (nSPS) is 11.3. The molecule has 0 aromatic heterocycles. The summed E-state index contributed by atoms with van der Waals surface area (Å²) in [6.45, 7) is 4.02. The Bertz CT molecular complexity index is 771. The molecule has 0 atom stereocenters. The molecule has 0 aliphatic carbocycles. The molecule has 0 spiro atoms. The maximum Gasteiger partial charge on any atom is 0.259 e. The fraction of sp³-hybridized carbons (Fsp3) is 0.250. The van der Waals surface area contributed by atoms with Crippen molar-refractivity contribution in [1.29, 1.82) is 0 Å². The van der Waals surface area contributed by atoms with Gasteiger partial charge in [0.2, 0.25) is 0 Å². The van der Waals surface area contributed by atoms with Crippen molar-refractivity contribution in [2.75, 3.05) is 6.54 Å². The van der Waals surface area contributed by atoms with E-state index in [4.69, 9.17) is 11.6 Å². The number of hydrogen-bond donors (Lipinski definition) is 2. The minimum Gasteiger partial charge on any atom is -0.343 e. The van der Waals surface area contributed by atoms with Crippen molar-refractivity contribution in [2.24, 2.45) is 11.0 Å². The molecule has 0 unspecified atom stereocenters. The van der Waals surface area contributed by atoms with E-state index < -0.39 is 0 Å². The van der Waals surface area contributed by atoms with Crippen LogP contribution in [0.15, 0.2) is 59.7 Å². The molecule has 2 N–H and O–H groups in total. The maximum atomic E-state index is 12.0. The van der Waals surface area contributed by atoms with E-state index in [1.54, 1.807) is 24.3 Å². The van der Waals surface area contributed by atoms with E-state index in [0.717, 1.165) is 17.7 Å². The van der Waals surface area contributed by atoms with Gasteiger partial charge in [-0.15, -0.1) is 0 Å². The van der Waals surface area contributed by atoms with Crippen molar-refractivity contribution in [2.45, 2.75) is 20.3 Å². The summed E-state index contributed by atoms with van der Waals surface area (Å²) in [4.78, 5) is 24.0. The number of nitrogens with zero attached hydrogens (tertiary/aromatic N) is 1. The van der Waals surface area contributed by atoms with Crippen LogP contribution in [0.2, 0.25) is 5.02 Å². The lowest BCUT2D eigenvalue weighted by molar-refractivity contribution is -0.120. The molecule has 0 saturated carbocycles. The molecule has 0 fully saturated rings. The smallest absolute Gasteiger partial charge is 0.259 e. The zero-order chi connectivity index (χ0) is 18.9. The molecule has 5 nitrogen and oxygen atoms in total. The minimum atomic E-state index is -0.385. The zero-order valence-electron chi connectivity index (χ0n) is 14.8. The first-order valence-electron chi connectivity index (χ1n) is 8.40. The lowest BCUT2D eigenvalue weighted by atomic mass is 10.0. The number of amides is 2. The van der Waals surface area contributed by atoms with E-state index in [1.807, 2.05) is 30.3 Å². The third-order valence-corrected chi connectivity index (χ3v) is 3.79. The summed E-state index contributed by atoms with van der Waals surface area (Å²) in [5, 5.41) is 7.35. The van der Waals surface area contributed by atoms with Crippen molar-refractivity contribution in [1.82, 2.24) is 10.7 Å². The number of rotatable bonds is 7. The number of hydrogen-bond acceptors (Lipinski definition) is 3. The fourth-order valence-corrected chi connectivity index (χ4v) is 2.40. The molecule has 6 heteroatoms. The van der Waals surface area contributed by atoms with Crippen LogP contribution in [0.25, 0.3) is 0 Å². The summed E-state index contributed by atoms with van der Waals surface area (Å²) in [6, 6.07) is 16.1. The lowest BCUT2D eigenvalue weighted by Crippen LogP contribution is -2.35. The molecule has 2 amide bonds. The Morgan fingerprint density at radius 1 is 1.00 bits per heavy atom. The summed E-state index contributed by atoms with van der Waals surface area (Å²) in [6.07, 6.45) is 0.738. The number of hydrazone groups is 1. The molecule has 2 aromatic rings. The van der Waals surface area contributed by atoms with Crippen LogP contribution < -0.4 is 10.7 Å². The van der Waals surface area contributed by atoms with Crippen molar-refractivity contribution in [3.63, 3.8) is 0 Å². The first-order valence-corrected chi connectivity index (χ1v) is 8.78. The standard InChI is InChI=1S/C20H22ClN3O2/c1-14(2)12-18(15-6-4-3-5-7-15)23-24-19(25)13-22-20(26)16-8-10-17(21)11-9-16/h3-11,14H,12-13H2,1-2H3,(H,22,26)(H,24,25)/b23-18+. The van der Waals surface area contributed by atoms with Crippen LogP contribution in [-0.4, -0.2) is 24.1 Å². The summed E-state index contributed by atoms with van der Waals surface area (Å²) >= 11 is 5.79. The molecule has 2 aromatic carbocycles. The second kappa shape index (κ2) is 9.73. The number of carbonyl (C=O) groups is 2. The van der Waals surface area contributed by atoms with Crippen LogP contribution in [-0.2, 0) is 4.79 Å². The molecule has 0 saturated heterocycles. The summed E-state index contributed by atoms with van der Waals surface area (Å²) < 4.78 is 0. The van der Waals surface area contributed by atoms with Crippen molar-refractivity contribution in [3.8, 4) is 0 Å². The fourth-order valence-electron chi connectivity index (χ4n) is 2.28. The van der Waals surface area contributed by atoms with Crippen LogP contribution in [0.1, 0.15) is 36.2 Å². The average Bonchev–Trinajstić information content (AvgIpc) is 2.64. The van der Waals surface area contributed by atoms with E-state index >= 15 is 0 Å². The van der Waals surface area contributed by atoms with Gasteiger partial charge in [0.05, 0.1) is 12.3 Å². The molecular formula is C20H22ClN3O2. The SMILES string of the molecule is CC(C)C/C(=N\NC(=O)CNC(=O)c1ccc(Cl)cc1)c1ccccc1. The van der Waals surface area contributed by atoms with Gasteiger partial charge in [0.25, 0.3) is 11.8 Å². The average molecular weight is 372 g/mol. The molecule has 0 aliphatic rings. The van der Waals surface area contributed by atoms with Gasteiger partial charge in [0.1, 0.15) is 0 Å². The van der Waals surface area contributed by atoms with Gasteiger partial charge in [0, 0.05) is 10.6 Å². The quantitative estimate of drug-likeness (QED) is 0.576. The van der Waals surface area contributed by atoms with Gasteiger partial charge in [0.15, 0.2) is 0 Å². The zero-order valence-corrected chi connectivity index (χ0v) is 15.6. The van der Waals surface area contributed by atoms with Gasteiger partial charge in [-0.25, -0.2) is 5.43 Å². The van der Waals surface area contributed by atoms with Gasteiger partial charge in [-0.1, -0.05) is 55.8 Å². The molecule has 0 heterocycles. The number of halogens is 1. The maximum absolute atomic E-state index is 12.0. The Balaban J connectivity index is 1.93. The van der Waals surface area contributed by atoms with Gasteiger partial charge < -0.3 is 5.32 Å². The molecular weight excluding hydrogens is 350 g/mol. The van der Waals surface area contributed by atoms with Gasteiger partial charge in [-0.05, 0) is 42.2 Å². The van der Waals surface area contributed by atoms with Gasteiger partial charge in [-0.2, -0.15) is 5.10 Å². The van der Waals surface area contributed by atoms with Crippen molar-refractivity contribution in [3.05, 3.63) is 70.7 Å². The topological polar surface area (TPSA) is 70.6 Å². The Hall–Kier alpha value is -2.66. The number of nitrogens with one attached hydrogen (secondary N) is 2. The van der Waals surface area contributed by atoms with Crippen LogP contribution in [0.5, 0.6) is 0 Å². The second-order valence-corrected chi connectivity index (χ2v) is 6.68. The third kappa shape index (κ3) is 6.33. The predicted molar refractivity (Wildman–Crippen MR) is 104 cm³/mol. The highest BCUT2D eigenvalue weighted by atomic mass is 35.5. The molecule has 2 rings (SSSR count). The monoisotopic (exact) mass is 371 g/mol. The highest BCUT2D eigenvalue weighted by Gasteiger charge is 2.10.